The second-order valence-electron chi connectivity index (χ2n) is 7.97. The van der Waals surface area contributed by atoms with E-state index in [1.807, 2.05) is 13.8 Å². The molecule has 0 atom stereocenters. The maximum atomic E-state index is 12.8. The van der Waals surface area contributed by atoms with Gasteiger partial charge in [0, 0.05) is 17.9 Å². The molecule has 1 saturated heterocycles. The lowest BCUT2D eigenvalue weighted by Crippen LogP contribution is -2.52. The first-order chi connectivity index (χ1) is 10.6. The first kappa shape index (κ1) is 17.7. The lowest BCUT2D eigenvalue weighted by molar-refractivity contribution is -0.129. The van der Waals surface area contributed by atoms with Gasteiger partial charge in [-0.25, -0.2) is 9.69 Å². The van der Waals surface area contributed by atoms with Crippen LogP contribution in [0.15, 0.2) is 11.1 Å². The smallest absolute Gasteiger partial charge is 0.417 e. The number of likely N-dealkylation sites (tertiary alicyclic amines) is 1. The van der Waals surface area contributed by atoms with Gasteiger partial charge in [-0.2, -0.15) is 0 Å². The molecule has 0 aromatic rings. The highest BCUT2D eigenvalue weighted by atomic mass is 16.6. The Kier molecular flexibility index (Phi) is 4.69. The van der Waals surface area contributed by atoms with Gasteiger partial charge in [-0.05, 0) is 60.3 Å². The molecular weight excluding hydrogens is 294 g/mol. The molecule has 1 heterocycles. The minimum absolute atomic E-state index is 0.0342. The van der Waals surface area contributed by atoms with E-state index in [2.05, 4.69) is 0 Å². The van der Waals surface area contributed by atoms with Gasteiger partial charge in [0.2, 0.25) is 0 Å². The number of hydrogen-bond acceptors (Lipinski definition) is 4. The summed E-state index contributed by atoms with van der Waals surface area (Å²) in [5.74, 6) is -0.198. The molecule has 0 aromatic heterocycles. The lowest BCUT2D eigenvalue weighted by atomic mass is 9.75. The molecule has 0 radical (unpaired) electrons. The zero-order chi connectivity index (χ0) is 17.4. The van der Waals surface area contributed by atoms with Crippen molar-refractivity contribution in [1.29, 1.82) is 0 Å². The van der Waals surface area contributed by atoms with Crippen LogP contribution < -0.4 is 0 Å². The van der Waals surface area contributed by atoms with E-state index in [9.17, 15) is 14.4 Å². The number of imide groups is 1. The molecule has 1 aliphatic carbocycles. The van der Waals surface area contributed by atoms with Gasteiger partial charge in [0.15, 0.2) is 0 Å². The van der Waals surface area contributed by atoms with Crippen LogP contribution in [-0.2, 0) is 14.3 Å². The summed E-state index contributed by atoms with van der Waals surface area (Å²) in [6, 6.07) is 0. The Morgan fingerprint density at radius 2 is 1.83 bits per heavy atom. The molecule has 0 unspecified atom stereocenters. The molecule has 1 aliphatic heterocycles. The van der Waals surface area contributed by atoms with Crippen molar-refractivity contribution in [2.24, 2.45) is 5.92 Å². The van der Waals surface area contributed by atoms with Crippen LogP contribution in [0.5, 0.6) is 0 Å². The average molecular weight is 321 g/mol. The van der Waals surface area contributed by atoms with Crippen LogP contribution in [0, 0.1) is 5.92 Å². The molecule has 2 rings (SSSR count). The topological polar surface area (TPSA) is 63.7 Å². The highest BCUT2D eigenvalue weighted by Crippen LogP contribution is 2.46. The van der Waals surface area contributed by atoms with Gasteiger partial charge in [0.1, 0.15) is 11.9 Å². The molecule has 2 aliphatic rings. The van der Waals surface area contributed by atoms with E-state index in [0.717, 1.165) is 11.9 Å². The number of aldehydes is 1. The Balaban J connectivity index is 2.34. The summed E-state index contributed by atoms with van der Waals surface area (Å²) in [4.78, 5) is 37.8. The summed E-state index contributed by atoms with van der Waals surface area (Å²) in [5, 5.41) is 0. The van der Waals surface area contributed by atoms with E-state index in [4.69, 9.17) is 4.74 Å². The number of amides is 2. The number of ether oxygens (including phenoxy) is 1. The van der Waals surface area contributed by atoms with Crippen molar-refractivity contribution in [3.05, 3.63) is 11.1 Å². The third kappa shape index (κ3) is 3.48. The third-order valence-electron chi connectivity index (χ3n) is 4.77. The Labute approximate surface area is 138 Å². The van der Waals surface area contributed by atoms with Gasteiger partial charge in [-0.1, -0.05) is 5.57 Å². The van der Waals surface area contributed by atoms with E-state index in [-0.39, 0.29) is 11.8 Å². The predicted molar refractivity (Wildman–Crippen MR) is 86.8 cm³/mol. The summed E-state index contributed by atoms with van der Waals surface area (Å²) in [7, 11) is 0. The largest absolute Gasteiger partial charge is 0.443 e. The summed E-state index contributed by atoms with van der Waals surface area (Å²) in [6.07, 6.45) is 3.75. The normalized spacial score (nSPS) is 28.2. The van der Waals surface area contributed by atoms with Crippen molar-refractivity contribution in [2.45, 2.75) is 77.9 Å². The monoisotopic (exact) mass is 321 g/mol. The van der Waals surface area contributed by atoms with E-state index in [1.165, 1.54) is 4.90 Å². The Morgan fingerprint density at radius 1 is 1.26 bits per heavy atom. The van der Waals surface area contributed by atoms with Crippen molar-refractivity contribution in [3.8, 4) is 0 Å². The number of nitrogens with zero attached hydrogens (tertiary/aromatic N) is 1. The number of allylic oxidation sites excluding steroid dienone is 1. The average Bonchev–Trinajstić information content (AvgIpc) is 2.71. The molecule has 2 amide bonds. The van der Waals surface area contributed by atoms with E-state index in [0.29, 0.717) is 37.7 Å². The number of carbonyl (C=O) groups excluding carboxylic acids is 3. The van der Waals surface area contributed by atoms with Gasteiger partial charge in [0.25, 0.3) is 5.91 Å². The number of carbonyl (C=O) groups is 3. The van der Waals surface area contributed by atoms with Crippen molar-refractivity contribution >= 4 is 18.3 Å². The SMILES string of the molecule is CC(C)=C1CC2(CCC(C=O)CC2)N(C(=O)OC(C)(C)C)C1=O. The minimum Gasteiger partial charge on any atom is -0.443 e. The molecule has 1 spiro atoms. The fourth-order valence-electron chi connectivity index (χ4n) is 3.52. The molecule has 0 aromatic carbocycles. The summed E-state index contributed by atoms with van der Waals surface area (Å²) >= 11 is 0. The molecule has 1 saturated carbocycles. The highest BCUT2D eigenvalue weighted by Gasteiger charge is 2.53. The third-order valence-corrected chi connectivity index (χ3v) is 4.77. The van der Waals surface area contributed by atoms with Crippen molar-refractivity contribution in [2.75, 3.05) is 0 Å². The molecule has 5 nitrogen and oxygen atoms in total. The first-order valence-electron chi connectivity index (χ1n) is 8.29. The Bertz CT molecular complexity index is 544. The van der Waals surface area contributed by atoms with Crippen LogP contribution >= 0.6 is 0 Å². The summed E-state index contributed by atoms with van der Waals surface area (Å²) < 4.78 is 5.47. The Morgan fingerprint density at radius 3 is 2.26 bits per heavy atom. The molecule has 128 valence electrons. The Hall–Kier alpha value is -1.65. The van der Waals surface area contributed by atoms with Crippen molar-refractivity contribution in [3.63, 3.8) is 0 Å². The molecule has 2 fully saturated rings. The molecule has 0 N–H and O–H groups in total. The van der Waals surface area contributed by atoms with Crippen LogP contribution in [-0.4, -0.2) is 34.3 Å². The maximum absolute atomic E-state index is 12.8. The van der Waals surface area contributed by atoms with E-state index < -0.39 is 17.2 Å². The molecule has 5 heteroatoms. The standard InChI is InChI=1S/C18H27NO4/c1-12(2)14-10-18(8-6-13(11-20)7-9-18)19(15(14)21)16(22)23-17(3,4)5/h11,13H,6-10H2,1-5H3. The summed E-state index contributed by atoms with van der Waals surface area (Å²) in [5.41, 5.74) is 0.482. The number of hydrogen-bond donors (Lipinski definition) is 0. The second kappa shape index (κ2) is 6.10. The molecule has 23 heavy (non-hydrogen) atoms. The van der Waals surface area contributed by atoms with Crippen molar-refractivity contribution in [1.82, 2.24) is 4.90 Å². The van der Waals surface area contributed by atoms with Crippen LogP contribution in [0.4, 0.5) is 4.79 Å². The van der Waals surface area contributed by atoms with Crippen molar-refractivity contribution < 1.29 is 19.1 Å². The van der Waals surface area contributed by atoms with Gasteiger partial charge in [-0.3, -0.25) is 4.79 Å². The minimum atomic E-state index is -0.647. The van der Waals surface area contributed by atoms with Gasteiger partial charge < -0.3 is 9.53 Å². The van der Waals surface area contributed by atoms with Crippen LogP contribution in [0.25, 0.3) is 0 Å². The second-order valence-corrected chi connectivity index (χ2v) is 7.97. The quantitative estimate of drug-likeness (QED) is 0.546. The fourth-order valence-corrected chi connectivity index (χ4v) is 3.52. The fraction of sp³-hybridized carbons (Fsp3) is 0.722. The summed E-state index contributed by atoms with van der Waals surface area (Å²) in [6.45, 7) is 9.18. The van der Waals surface area contributed by atoms with Crippen LogP contribution in [0.1, 0.15) is 66.7 Å². The van der Waals surface area contributed by atoms with E-state index >= 15 is 0 Å². The van der Waals surface area contributed by atoms with Gasteiger partial charge in [0.05, 0.1) is 5.54 Å². The van der Waals surface area contributed by atoms with E-state index in [1.54, 1.807) is 20.8 Å². The van der Waals surface area contributed by atoms with Crippen LogP contribution in [0.2, 0.25) is 0 Å². The van der Waals surface area contributed by atoms with Gasteiger partial charge >= 0.3 is 6.09 Å². The highest BCUT2D eigenvalue weighted by molar-refractivity contribution is 6.06. The van der Waals surface area contributed by atoms with Crippen LogP contribution in [0.3, 0.4) is 0 Å². The number of rotatable bonds is 1. The van der Waals surface area contributed by atoms with Gasteiger partial charge in [-0.15, -0.1) is 0 Å². The zero-order valence-corrected chi connectivity index (χ0v) is 14.8. The maximum Gasteiger partial charge on any atom is 0.417 e. The predicted octanol–water partition coefficient (Wildman–Crippen LogP) is 3.62. The zero-order valence-electron chi connectivity index (χ0n) is 14.8. The molecule has 0 bridgehead atoms. The lowest BCUT2D eigenvalue weighted by Gasteiger charge is -2.41. The first-order valence-corrected chi connectivity index (χ1v) is 8.29. The molecular formula is C18H27NO4.